The largest absolute Gasteiger partial charge is 0.350 e. The van der Waals surface area contributed by atoms with Crippen molar-refractivity contribution < 1.29 is 0 Å². The maximum Gasteiger partial charge on any atom is 0.129 e. The van der Waals surface area contributed by atoms with Gasteiger partial charge in [0.15, 0.2) is 0 Å². The number of rotatable bonds is 1. The summed E-state index contributed by atoms with van der Waals surface area (Å²) in [6.45, 7) is 1.99. The molecule has 2 aromatic heterocycles. The van der Waals surface area contributed by atoms with Crippen molar-refractivity contribution in [1.82, 2.24) is 15.0 Å². The van der Waals surface area contributed by atoms with E-state index in [9.17, 15) is 0 Å². The number of hydrogen-bond donors (Lipinski definition) is 1. The van der Waals surface area contributed by atoms with Crippen LogP contribution in [0.25, 0.3) is 11.3 Å². The van der Waals surface area contributed by atoms with Gasteiger partial charge in [-0.25, -0.2) is 0 Å². The van der Waals surface area contributed by atoms with E-state index < -0.39 is 0 Å². The van der Waals surface area contributed by atoms with Crippen molar-refractivity contribution in [3.8, 4) is 11.3 Å². The van der Waals surface area contributed by atoms with Gasteiger partial charge in [0.1, 0.15) is 10.3 Å². The molecule has 0 aromatic carbocycles. The Hall–Kier alpha value is -1.55. The van der Waals surface area contributed by atoms with E-state index in [1.807, 2.05) is 13.0 Å². The fourth-order valence-corrected chi connectivity index (χ4v) is 1.48. The van der Waals surface area contributed by atoms with E-state index in [4.69, 9.17) is 12.2 Å². The fourth-order valence-electron chi connectivity index (χ4n) is 1.24. The summed E-state index contributed by atoms with van der Waals surface area (Å²) in [4.78, 5) is 11.3. The highest BCUT2D eigenvalue weighted by Crippen LogP contribution is 2.16. The van der Waals surface area contributed by atoms with Gasteiger partial charge in [0.25, 0.3) is 0 Å². The summed E-state index contributed by atoms with van der Waals surface area (Å²) < 4.78 is 0.639. The topological polar surface area (TPSA) is 41.6 Å². The molecule has 0 bridgehead atoms. The fraction of sp³-hybridized carbons (Fsp3) is 0.100. The van der Waals surface area contributed by atoms with Gasteiger partial charge in [0, 0.05) is 30.4 Å². The average Bonchev–Trinajstić information content (AvgIpc) is 2.18. The molecule has 14 heavy (non-hydrogen) atoms. The van der Waals surface area contributed by atoms with Gasteiger partial charge in [0.2, 0.25) is 0 Å². The van der Waals surface area contributed by atoms with Crippen molar-refractivity contribution in [3.05, 3.63) is 41.1 Å². The Bertz CT molecular complexity index is 504. The van der Waals surface area contributed by atoms with Gasteiger partial charge in [0.05, 0.1) is 0 Å². The van der Waals surface area contributed by atoms with Crippen molar-refractivity contribution in [1.29, 1.82) is 0 Å². The minimum atomic E-state index is 0.639. The molecule has 0 aliphatic carbocycles. The van der Waals surface area contributed by atoms with E-state index in [2.05, 4.69) is 15.0 Å². The minimum absolute atomic E-state index is 0.639. The van der Waals surface area contributed by atoms with Crippen LogP contribution >= 0.6 is 12.2 Å². The van der Waals surface area contributed by atoms with E-state index >= 15 is 0 Å². The van der Waals surface area contributed by atoms with Crippen LogP contribution in [0.4, 0.5) is 0 Å². The van der Waals surface area contributed by atoms with E-state index in [-0.39, 0.29) is 0 Å². The summed E-state index contributed by atoms with van der Waals surface area (Å²) in [5.41, 5.74) is 2.83. The van der Waals surface area contributed by atoms with Crippen LogP contribution in [-0.2, 0) is 0 Å². The number of nitrogens with one attached hydrogen (secondary N) is 1. The molecule has 0 saturated heterocycles. The van der Waals surface area contributed by atoms with Crippen molar-refractivity contribution in [2.45, 2.75) is 6.92 Å². The second-order valence-corrected chi connectivity index (χ2v) is 3.43. The molecule has 4 heteroatoms. The van der Waals surface area contributed by atoms with Crippen LogP contribution in [0.2, 0.25) is 0 Å². The molecule has 0 saturated carbocycles. The quantitative estimate of drug-likeness (QED) is 0.724. The molecule has 70 valence electrons. The molecule has 2 rings (SSSR count). The summed E-state index contributed by atoms with van der Waals surface area (Å²) >= 11 is 5.13. The van der Waals surface area contributed by atoms with Gasteiger partial charge < -0.3 is 4.98 Å². The highest BCUT2D eigenvalue weighted by molar-refractivity contribution is 7.71. The lowest BCUT2D eigenvalue weighted by molar-refractivity contribution is 1.17. The second-order valence-electron chi connectivity index (χ2n) is 3.02. The Morgan fingerprint density at radius 3 is 2.93 bits per heavy atom. The lowest BCUT2D eigenvalue weighted by Gasteiger charge is -2.00. The third-order valence-electron chi connectivity index (χ3n) is 1.86. The van der Waals surface area contributed by atoms with Crippen molar-refractivity contribution in [3.63, 3.8) is 0 Å². The SMILES string of the molecule is Cc1cncc(-c2ncc[nH]c2=S)c1. The van der Waals surface area contributed by atoms with Gasteiger partial charge in [-0.1, -0.05) is 12.2 Å². The van der Waals surface area contributed by atoms with Crippen LogP contribution in [-0.4, -0.2) is 15.0 Å². The molecule has 1 N–H and O–H groups in total. The zero-order chi connectivity index (χ0) is 9.97. The zero-order valence-corrected chi connectivity index (χ0v) is 8.51. The first-order valence-electron chi connectivity index (χ1n) is 4.23. The molecule has 0 fully saturated rings. The Balaban J connectivity index is 2.61. The number of H-pyrrole nitrogens is 1. The second kappa shape index (κ2) is 3.67. The molecule has 0 unspecified atom stereocenters. The lowest BCUT2D eigenvalue weighted by Crippen LogP contribution is -1.88. The number of nitrogens with zero attached hydrogens (tertiary/aromatic N) is 2. The molecule has 0 spiro atoms. The number of aromatic nitrogens is 3. The number of pyridine rings is 1. The van der Waals surface area contributed by atoms with Gasteiger partial charge in [-0.2, -0.15) is 0 Å². The summed E-state index contributed by atoms with van der Waals surface area (Å²) in [5, 5.41) is 0. The number of aryl methyl sites for hydroxylation is 1. The standard InChI is InChI=1S/C10H9N3S/c1-7-4-8(6-11-5-7)9-10(14)13-3-2-12-9/h2-6H,1H3,(H,13,14). The molecule has 0 atom stereocenters. The highest BCUT2D eigenvalue weighted by Gasteiger charge is 2.01. The van der Waals surface area contributed by atoms with E-state index in [1.54, 1.807) is 24.8 Å². The summed E-state index contributed by atoms with van der Waals surface area (Å²) in [7, 11) is 0. The maximum atomic E-state index is 5.13. The monoisotopic (exact) mass is 203 g/mol. The molecule has 2 aromatic rings. The van der Waals surface area contributed by atoms with Gasteiger partial charge in [-0.15, -0.1) is 0 Å². The minimum Gasteiger partial charge on any atom is -0.350 e. The Morgan fingerprint density at radius 2 is 2.21 bits per heavy atom. The van der Waals surface area contributed by atoms with Crippen LogP contribution < -0.4 is 0 Å². The normalized spacial score (nSPS) is 10.1. The van der Waals surface area contributed by atoms with E-state index in [0.717, 1.165) is 16.8 Å². The van der Waals surface area contributed by atoms with Crippen LogP contribution in [0.15, 0.2) is 30.9 Å². The number of aromatic amines is 1. The molecule has 3 nitrogen and oxygen atoms in total. The van der Waals surface area contributed by atoms with Crippen molar-refractivity contribution in [2.75, 3.05) is 0 Å². The van der Waals surface area contributed by atoms with Gasteiger partial charge in [-0.3, -0.25) is 9.97 Å². The van der Waals surface area contributed by atoms with E-state index in [1.165, 1.54) is 0 Å². The summed E-state index contributed by atoms with van der Waals surface area (Å²) in [6.07, 6.45) is 6.97. The van der Waals surface area contributed by atoms with Crippen molar-refractivity contribution in [2.24, 2.45) is 0 Å². The van der Waals surface area contributed by atoms with Crippen LogP contribution in [0.1, 0.15) is 5.56 Å². The first-order valence-corrected chi connectivity index (χ1v) is 4.64. The number of hydrogen-bond acceptors (Lipinski definition) is 3. The van der Waals surface area contributed by atoms with Crippen molar-refractivity contribution >= 4 is 12.2 Å². The van der Waals surface area contributed by atoms with E-state index in [0.29, 0.717) is 4.64 Å². The first kappa shape index (κ1) is 9.02. The molecular formula is C10H9N3S. The average molecular weight is 203 g/mol. The summed E-state index contributed by atoms with van der Waals surface area (Å²) in [6, 6.07) is 2.01. The third-order valence-corrected chi connectivity index (χ3v) is 2.17. The predicted octanol–water partition coefficient (Wildman–Crippen LogP) is 2.51. The molecule has 2 heterocycles. The van der Waals surface area contributed by atoms with Gasteiger partial charge >= 0.3 is 0 Å². The predicted molar refractivity (Wildman–Crippen MR) is 57.4 cm³/mol. The molecule has 0 amide bonds. The Kier molecular flexibility index (Phi) is 2.37. The highest BCUT2D eigenvalue weighted by atomic mass is 32.1. The maximum absolute atomic E-state index is 5.13. The Morgan fingerprint density at radius 1 is 1.36 bits per heavy atom. The first-order chi connectivity index (χ1) is 6.77. The van der Waals surface area contributed by atoms with Crippen LogP contribution in [0.3, 0.4) is 0 Å². The molecule has 0 radical (unpaired) electrons. The smallest absolute Gasteiger partial charge is 0.129 e. The zero-order valence-electron chi connectivity index (χ0n) is 7.69. The van der Waals surface area contributed by atoms with Crippen LogP contribution in [0, 0.1) is 11.6 Å². The van der Waals surface area contributed by atoms with Gasteiger partial charge in [-0.05, 0) is 18.6 Å². The Labute approximate surface area is 86.9 Å². The summed E-state index contributed by atoms with van der Waals surface area (Å²) in [5.74, 6) is 0. The molecule has 0 aliphatic rings. The molecular weight excluding hydrogens is 194 g/mol. The molecule has 0 aliphatic heterocycles. The van der Waals surface area contributed by atoms with Crippen LogP contribution in [0.5, 0.6) is 0 Å². The third kappa shape index (κ3) is 1.70. The lowest BCUT2D eigenvalue weighted by atomic mass is 10.2.